The number of pyridine rings is 1. The van der Waals surface area contributed by atoms with E-state index in [-0.39, 0.29) is 11.8 Å². The highest BCUT2D eigenvalue weighted by molar-refractivity contribution is 6.36. The van der Waals surface area contributed by atoms with Crippen LogP contribution in [0.2, 0.25) is 10.0 Å². The zero-order valence-electron chi connectivity index (χ0n) is 22.9. The topological polar surface area (TPSA) is 88.0 Å². The lowest BCUT2D eigenvalue weighted by atomic mass is 9.69. The summed E-state index contributed by atoms with van der Waals surface area (Å²) in [5.41, 5.74) is 8.22. The van der Waals surface area contributed by atoms with E-state index in [2.05, 4.69) is 53.4 Å². The van der Waals surface area contributed by atoms with E-state index in [4.69, 9.17) is 23.2 Å². The summed E-state index contributed by atoms with van der Waals surface area (Å²) >= 11 is 13.4. The van der Waals surface area contributed by atoms with E-state index < -0.39 is 23.6 Å². The number of nitrogens with zero attached hydrogens (tertiary/aromatic N) is 3. The van der Waals surface area contributed by atoms with Gasteiger partial charge >= 0.3 is 6.18 Å². The summed E-state index contributed by atoms with van der Waals surface area (Å²) in [6, 6.07) is 12.3. The predicted octanol–water partition coefficient (Wildman–Crippen LogP) is 5.89. The fraction of sp³-hybridized carbons (Fsp3) is 0.357. The number of hydrazine groups is 2. The van der Waals surface area contributed by atoms with Gasteiger partial charge in [0, 0.05) is 35.0 Å². The summed E-state index contributed by atoms with van der Waals surface area (Å²) in [7, 11) is 1.88. The lowest BCUT2D eigenvalue weighted by Crippen LogP contribution is -2.46. The molecule has 2 aromatic carbocycles. The van der Waals surface area contributed by atoms with Crippen LogP contribution in [0.3, 0.4) is 0 Å². The molecule has 0 saturated heterocycles. The number of alkyl halides is 3. The Bertz CT molecular complexity index is 1570. The molecule has 13 heteroatoms. The second kappa shape index (κ2) is 10.5. The van der Waals surface area contributed by atoms with E-state index in [1.165, 1.54) is 11.2 Å². The zero-order valence-corrected chi connectivity index (χ0v) is 24.4. The van der Waals surface area contributed by atoms with Gasteiger partial charge in [0.15, 0.2) is 0 Å². The molecule has 3 atom stereocenters. The van der Waals surface area contributed by atoms with Crippen LogP contribution < -0.4 is 21.6 Å². The van der Waals surface area contributed by atoms with Crippen LogP contribution in [0.25, 0.3) is 10.9 Å². The Balaban J connectivity index is 1.58. The summed E-state index contributed by atoms with van der Waals surface area (Å²) in [6.07, 6.45) is -1.11. The maximum Gasteiger partial charge on any atom is 0.393 e. The second-order valence-electron chi connectivity index (χ2n) is 11.8. The third-order valence-corrected chi connectivity index (χ3v) is 7.93. The SMILES string of the molecule is BC(Nc1cc(Cl)c2ncc(C#N)c(NCC(C)(C)C)c2c1)(C1=CN([C@H]2CC2C(F)(F)F)NN1)c1ccccc1Cl. The van der Waals surface area contributed by atoms with Crippen molar-refractivity contribution in [1.82, 2.24) is 21.0 Å². The molecule has 0 radical (unpaired) electrons. The van der Waals surface area contributed by atoms with Crippen LogP contribution in [-0.2, 0) is 5.44 Å². The van der Waals surface area contributed by atoms with Gasteiger partial charge in [-0.3, -0.25) is 9.99 Å². The van der Waals surface area contributed by atoms with Crippen molar-refractivity contribution in [1.29, 1.82) is 5.26 Å². The number of hydrogen-bond acceptors (Lipinski definition) is 7. The van der Waals surface area contributed by atoms with Crippen LogP contribution in [0, 0.1) is 22.7 Å². The van der Waals surface area contributed by atoms with E-state index >= 15 is 0 Å². The van der Waals surface area contributed by atoms with E-state index in [0.717, 1.165) is 0 Å². The van der Waals surface area contributed by atoms with Crippen molar-refractivity contribution in [2.24, 2.45) is 11.3 Å². The van der Waals surface area contributed by atoms with Gasteiger partial charge in [0.05, 0.1) is 44.9 Å². The maximum absolute atomic E-state index is 13.3. The summed E-state index contributed by atoms with van der Waals surface area (Å²) in [6.45, 7) is 6.86. The molecule has 4 N–H and O–H groups in total. The largest absolute Gasteiger partial charge is 0.393 e. The number of nitrogens with one attached hydrogen (secondary N) is 4. The number of halogens is 5. The average molecular weight is 602 g/mol. The third-order valence-electron chi connectivity index (χ3n) is 7.31. The molecule has 2 aliphatic rings. The Morgan fingerprint density at radius 2 is 1.90 bits per heavy atom. The number of benzene rings is 2. The van der Waals surface area contributed by atoms with E-state index in [1.807, 2.05) is 26.0 Å². The number of anilines is 2. The number of nitriles is 1. The first-order chi connectivity index (χ1) is 19.2. The standard InChI is InChI=1S/C28H29BCl2F3N7/c1-26(2,3)14-37-24-15(11-35)12-36-25-17(24)8-16(9-21(25)31)38-27(29,18-6-4-5-7-20(18)30)23-13-41(40-39-23)22-10-19(22)28(32,33)34/h4-9,12-13,19,22,38-40H,10,14,29H2,1-3H3,(H,36,37)/t19?,22-,27?/m0/s1. The molecule has 41 heavy (non-hydrogen) atoms. The van der Waals surface area contributed by atoms with E-state index in [9.17, 15) is 18.4 Å². The van der Waals surface area contributed by atoms with Gasteiger partial charge in [0.1, 0.15) is 13.9 Å². The molecule has 1 aromatic heterocycles. The number of fused-ring (bicyclic) bond motifs is 1. The molecule has 2 heterocycles. The van der Waals surface area contributed by atoms with Crippen molar-refractivity contribution in [3.05, 3.63) is 75.7 Å². The lowest BCUT2D eigenvalue weighted by molar-refractivity contribution is -0.152. The van der Waals surface area contributed by atoms with Crippen molar-refractivity contribution in [2.45, 2.75) is 44.8 Å². The minimum absolute atomic E-state index is 0.0110. The number of rotatable bonds is 7. The van der Waals surface area contributed by atoms with Crippen molar-refractivity contribution < 1.29 is 13.2 Å². The highest BCUT2D eigenvalue weighted by Gasteiger charge is 2.59. The van der Waals surface area contributed by atoms with Crippen LogP contribution in [0.15, 0.2) is 54.5 Å². The first kappa shape index (κ1) is 29.2. The zero-order chi connectivity index (χ0) is 29.7. The highest BCUT2D eigenvalue weighted by Crippen LogP contribution is 2.48. The molecule has 7 nitrogen and oxygen atoms in total. The normalized spacial score (nSPS) is 20.2. The summed E-state index contributed by atoms with van der Waals surface area (Å²) < 4.78 is 39.9. The molecule has 5 rings (SSSR count). The van der Waals surface area contributed by atoms with Crippen molar-refractivity contribution in [3.63, 3.8) is 0 Å². The first-order valence-electron chi connectivity index (χ1n) is 13.1. The lowest BCUT2D eigenvalue weighted by Gasteiger charge is -2.34. The smallest absolute Gasteiger partial charge is 0.383 e. The quantitative estimate of drug-likeness (QED) is 0.251. The van der Waals surface area contributed by atoms with Crippen molar-refractivity contribution >= 4 is 53.3 Å². The Hall–Kier alpha value is -3.33. The van der Waals surface area contributed by atoms with Crippen LogP contribution in [0.4, 0.5) is 24.5 Å². The maximum atomic E-state index is 13.3. The number of hydrogen-bond donors (Lipinski definition) is 4. The molecule has 0 amide bonds. The van der Waals surface area contributed by atoms with E-state index in [1.54, 1.807) is 24.4 Å². The van der Waals surface area contributed by atoms with Gasteiger partial charge < -0.3 is 16.1 Å². The average Bonchev–Trinajstić information content (AvgIpc) is 3.56. The molecule has 1 aliphatic heterocycles. The minimum Gasteiger partial charge on any atom is -0.383 e. The molecule has 1 saturated carbocycles. The highest BCUT2D eigenvalue weighted by atomic mass is 35.5. The van der Waals surface area contributed by atoms with Crippen molar-refractivity contribution in [3.8, 4) is 6.07 Å². The molecule has 2 unspecified atom stereocenters. The van der Waals surface area contributed by atoms with Crippen LogP contribution in [0.5, 0.6) is 0 Å². The fourth-order valence-electron chi connectivity index (χ4n) is 5.00. The third kappa shape index (κ3) is 5.87. The number of aromatic nitrogens is 1. The Morgan fingerprint density at radius 3 is 2.54 bits per heavy atom. The summed E-state index contributed by atoms with van der Waals surface area (Å²) in [4.78, 5) is 4.43. The Kier molecular flexibility index (Phi) is 7.47. The molecule has 3 aromatic rings. The van der Waals surface area contributed by atoms with Gasteiger partial charge in [0.2, 0.25) is 0 Å². The molecular weight excluding hydrogens is 573 g/mol. The molecule has 0 spiro atoms. The van der Waals surface area contributed by atoms with Gasteiger partial charge in [-0.25, -0.2) is 0 Å². The van der Waals surface area contributed by atoms with Crippen LogP contribution in [-0.4, -0.2) is 36.6 Å². The molecule has 0 bridgehead atoms. The molecule has 1 fully saturated rings. The van der Waals surface area contributed by atoms with Gasteiger partial charge in [-0.2, -0.15) is 18.4 Å². The molecule has 214 valence electrons. The van der Waals surface area contributed by atoms with Gasteiger partial charge in [0.25, 0.3) is 0 Å². The van der Waals surface area contributed by atoms with Gasteiger partial charge in [-0.15, -0.1) is 5.53 Å². The predicted molar refractivity (Wildman–Crippen MR) is 159 cm³/mol. The monoisotopic (exact) mass is 601 g/mol. The molecule has 1 aliphatic carbocycles. The van der Waals surface area contributed by atoms with Gasteiger partial charge in [-0.1, -0.05) is 62.2 Å². The molecular formula is C28H29BCl2F3N7. The van der Waals surface area contributed by atoms with Crippen molar-refractivity contribution in [2.75, 3.05) is 17.2 Å². The summed E-state index contributed by atoms with van der Waals surface area (Å²) in [5.74, 6) is -1.40. The van der Waals surface area contributed by atoms with Crippen LogP contribution in [0.1, 0.15) is 38.3 Å². The Morgan fingerprint density at radius 1 is 1.17 bits per heavy atom. The van der Waals surface area contributed by atoms with Crippen LogP contribution >= 0.6 is 23.2 Å². The van der Waals surface area contributed by atoms with Gasteiger partial charge in [-0.05, 0) is 35.6 Å². The fourth-order valence-corrected chi connectivity index (χ4v) is 5.59. The first-order valence-corrected chi connectivity index (χ1v) is 13.9. The minimum atomic E-state index is -4.26. The summed E-state index contributed by atoms with van der Waals surface area (Å²) in [5, 5.41) is 19.7. The second-order valence-corrected chi connectivity index (χ2v) is 12.6. The van der Waals surface area contributed by atoms with E-state index in [0.29, 0.717) is 55.7 Å². The Labute approximate surface area is 247 Å².